The second kappa shape index (κ2) is 8.02. The van der Waals surface area contributed by atoms with Gasteiger partial charge in [-0.25, -0.2) is 0 Å². The molecule has 1 aromatic carbocycles. The highest BCUT2D eigenvalue weighted by molar-refractivity contribution is 6.16. The molecule has 0 aliphatic heterocycles. The lowest BCUT2D eigenvalue weighted by atomic mass is 10.2. The van der Waals surface area contributed by atoms with E-state index in [-0.39, 0.29) is 0 Å². The van der Waals surface area contributed by atoms with Gasteiger partial charge in [0.25, 0.3) is 0 Å². The Balaban J connectivity index is 3.03. The van der Waals surface area contributed by atoms with Crippen LogP contribution in [0.3, 0.4) is 0 Å². The van der Waals surface area contributed by atoms with Gasteiger partial charge in [0, 0.05) is 26.5 Å². The van der Waals surface area contributed by atoms with E-state index in [0.29, 0.717) is 18.0 Å². The third-order valence-electron chi connectivity index (χ3n) is 2.38. The number of nitrogens with zero attached hydrogens (tertiary/aromatic N) is 3. The van der Waals surface area contributed by atoms with Crippen LogP contribution in [-0.2, 0) is 4.79 Å². The van der Waals surface area contributed by atoms with E-state index in [4.69, 9.17) is 4.74 Å². The molecule has 0 atom stereocenters. The van der Waals surface area contributed by atoms with Crippen LogP contribution in [0.15, 0.2) is 28.2 Å². The summed E-state index contributed by atoms with van der Waals surface area (Å²) in [6, 6.07) is 5.47. The van der Waals surface area contributed by atoms with Crippen molar-refractivity contribution in [3.63, 3.8) is 0 Å². The first-order chi connectivity index (χ1) is 9.22. The minimum Gasteiger partial charge on any atom is -0.491 e. The fourth-order valence-corrected chi connectivity index (χ4v) is 1.44. The maximum Gasteiger partial charge on any atom is 0.213 e. The monoisotopic (exact) mass is 261 g/mol. The Hall–Kier alpha value is -2.17. The summed E-state index contributed by atoms with van der Waals surface area (Å²) >= 11 is 0. The van der Waals surface area contributed by atoms with Crippen LogP contribution < -0.4 is 9.64 Å². The number of carbonyl (C=O) groups excluding carboxylic acids is 1. The summed E-state index contributed by atoms with van der Waals surface area (Å²) in [7, 11) is 3.36. The van der Waals surface area contributed by atoms with Gasteiger partial charge in [-0.15, -0.1) is 0 Å². The molecule has 0 fully saturated rings. The summed E-state index contributed by atoms with van der Waals surface area (Å²) in [6.45, 7) is 2.65. The Morgan fingerprint density at radius 1 is 1.37 bits per heavy atom. The van der Waals surface area contributed by atoms with E-state index in [2.05, 4.69) is 9.98 Å². The van der Waals surface area contributed by atoms with Crippen LogP contribution in [0, 0.1) is 0 Å². The molecule has 19 heavy (non-hydrogen) atoms. The second-order valence-electron chi connectivity index (χ2n) is 3.90. The van der Waals surface area contributed by atoms with E-state index in [1.54, 1.807) is 32.6 Å². The Bertz CT molecular complexity index is 470. The SMILES string of the molecule is CCCOc1ccc(N=CC=NC)cc1N(C)C=O. The smallest absolute Gasteiger partial charge is 0.213 e. The molecular weight excluding hydrogens is 242 g/mol. The van der Waals surface area contributed by atoms with E-state index in [1.165, 1.54) is 4.90 Å². The topological polar surface area (TPSA) is 54.3 Å². The molecule has 0 saturated heterocycles. The van der Waals surface area contributed by atoms with Crippen molar-refractivity contribution in [2.45, 2.75) is 13.3 Å². The van der Waals surface area contributed by atoms with Gasteiger partial charge in [0.05, 0.1) is 18.0 Å². The van der Waals surface area contributed by atoms with Crippen LogP contribution in [0.4, 0.5) is 11.4 Å². The predicted molar refractivity (Wildman–Crippen MR) is 79.3 cm³/mol. The summed E-state index contributed by atoms with van der Waals surface area (Å²) < 4.78 is 5.61. The largest absolute Gasteiger partial charge is 0.491 e. The number of aliphatic imine (C=N–C) groups is 2. The maximum absolute atomic E-state index is 10.9. The molecule has 0 heterocycles. The Labute approximate surface area is 113 Å². The van der Waals surface area contributed by atoms with Crippen molar-refractivity contribution in [1.29, 1.82) is 0 Å². The highest BCUT2D eigenvalue weighted by atomic mass is 16.5. The third-order valence-corrected chi connectivity index (χ3v) is 2.38. The van der Waals surface area contributed by atoms with Gasteiger partial charge in [-0.2, -0.15) is 0 Å². The van der Waals surface area contributed by atoms with Crippen molar-refractivity contribution in [2.24, 2.45) is 9.98 Å². The molecule has 0 radical (unpaired) electrons. The quantitative estimate of drug-likeness (QED) is 0.559. The van der Waals surface area contributed by atoms with Crippen molar-refractivity contribution in [3.8, 4) is 5.75 Å². The normalized spacial score (nSPS) is 11.1. The lowest BCUT2D eigenvalue weighted by Crippen LogP contribution is -2.15. The minimum absolute atomic E-state index is 0.616. The third kappa shape index (κ3) is 4.54. The molecule has 1 amide bonds. The zero-order valence-electron chi connectivity index (χ0n) is 11.5. The minimum atomic E-state index is 0.616. The average molecular weight is 261 g/mol. The number of ether oxygens (including phenoxy) is 1. The standard InChI is InChI=1S/C14H19N3O2/c1-4-9-19-14-6-5-12(16-8-7-15-2)10-13(14)17(3)11-18/h5-8,10-11H,4,9H2,1-3H3. The molecule has 1 aromatic rings. The van der Waals surface area contributed by atoms with E-state index in [0.717, 1.165) is 18.5 Å². The fraction of sp³-hybridized carbons (Fsp3) is 0.357. The first kappa shape index (κ1) is 14.9. The first-order valence-corrected chi connectivity index (χ1v) is 6.12. The molecule has 5 heteroatoms. The number of hydrogen-bond acceptors (Lipinski definition) is 4. The van der Waals surface area contributed by atoms with Crippen LogP contribution >= 0.6 is 0 Å². The number of rotatable bonds is 7. The molecule has 0 aliphatic carbocycles. The molecule has 102 valence electrons. The Morgan fingerprint density at radius 2 is 2.16 bits per heavy atom. The maximum atomic E-state index is 10.9. The molecule has 0 saturated carbocycles. The van der Waals surface area contributed by atoms with Crippen LogP contribution in [-0.4, -0.2) is 39.5 Å². The predicted octanol–water partition coefficient (Wildman–Crippen LogP) is 2.47. The fourth-order valence-electron chi connectivity index (χ4n) is 1.44. The molecule has 0 N–H and O–H groups in total. The molecular formula is C14H19N3O2. The number of benzene rings is 1. The van der Waals surface area contributed by atoms with E-state index >= 15 is 0 Å². The van der Waals surface area contributed by atoms with E-state index < -0.39 is 0 Å². The lowest BCUT2D eigenvalue weighted by molar-refractivity contribution is -0.107. The van der Waals surface area contributed by atoms with Crippen LogP contribution in [0.25, 0.3) is 0 Å². The van der Waals surface area contributed by atoms with Crippen molar-refractivity contribution in [1.82, 2.24) is 0 Å². The van der Waals surface area contributed by atoms with Gasteiger partial charge < -0.3 is 9.64 Å². The zero-order chi connectivity index (χ0) is 14.1. The summed E-state index contributed by atoms with van der Waals surface area (Å²) in [6.07, 6.45) is 4.86. The number of amides is 1. The average Bonchev–Trinajstić information content (AvgIpc) is 2.45. The van der Waals surface area contributed by atoms with Gasteiger partial charge in [0.15, 0.2) is 0 Å². The van der Waals surface area contributed by atoms with E-state index in [9.17, 15) is 4.79 Å². The molecule has 0 aromatic heterocycles. The molecule has 5 nitrogen and oxygen atoms in total. The molecule has 0 unspecified atom stereocenters. The van der Waals surface area contributed by atoms with Gasteiger partial charge >= 0.3 is 0 Å². The first-order valence-electron chi connectivity index (χ1n) is 6.12. The number of carbonyl (C=O) groups is 1. The summed E-state index contributed by atoms with van der Waals surface area (Å²) in [5.41, 5.74) is 1.44. The van der Waals surface area contributed by atoms with E-state index in [1.807, 2.05) is 19.1 Å². The van der Waals surface area contributed by atoms with Gasteiger partial charge in [0.2, 0.25) is 6.41 Å². The lowest BCUT2D eigenvalue weighted by Gasteiger charge is -2.16. The number of anilines is 1. The molecule has 0 aliphatic rings. The van der Waals surface area contributed by atoms with Gasteiger partial charge in [-0.3, -0.25) is 14.8 Å². The highest BCUT2D eigenvalue weighted by Gasteiger charge is 2.08. The Kier molecular flexibility index (Phi) is 6.29. The van der Waals surface area contributed by atoms with Crippen LogP contribution in [0.5, 0.6) is 5.75 Å². The van der Waals surface area contributed by atoms with Crippen molar-refractivity contribution in [2.75, 3.05) is 25.6 Å². The summed E-state index contributed by atoms with van der Waals surface area (Å²) in [5, 5.41) is 0. The molecule has 0 bridgehead atoms. The van der Waals surface area contributed by atoms with Crippen LogP contribution in [0.2, 0.25) is 0 Å². The van der Waals surface area contributed by atoms with Crippen molar-refractivity contribution >= 4 is 30.2 Å². The second-order valence-corrected chi connectivity index (χ2v) is 3.90. The Morgan fingerprint density at radius 3 is 2.79 bits per heavy atom. The van der Waals surface area contributed by atoms with Gasteiger partial charge in [0.1, 0.15) is 5.75 Å². The van der Waals surface area contributed by atoms with Gasteiger partial charge in [-0.05, 0) is 24.6 Å². The van der Waals surface area contributed by atoms with Crippen LogP contribution in [0.1, 0.15) is 13.3 Å². The summed E-state index contributed by atoms with van der Waals surface area (Å²) in [4.78, 5) is 20.4. The van der Waals surface area contributed by atoms with Gasteiger partial charge in [-0.1, -0.05) is 6.92 Å². The molecule has 0 spiro atoms. The highest BCUT2D eigenvalue weighted by Crippen LogP contribution is 2.31. The summed E-state index contributed by atoms with van der Waals surface area (Å²) in [5.74, 6) is 0.680. The van der Waals surface area contributed by atoms with Crippen molar-refractivity contribution < 1.29 is 9.53 Å². The zero-order valence-corrected chi connectivity index (χ0v) is 11.5. The van der Waals surface area contributed by atoms with Crippen molar-refractivity contribution in [3.05, 3.63) is 18.2 Å². The number of hydrogen-bond donors (Lipinski definition) is 0. The molecule has 1 rings (SSSR count).